The molecule has 0 bridgehead atoms. The van der Waals surface area contributed by atoms with Crippen LogP contribution in [-0.2, 0) is 12.6 Å². The molecule has 116 valence electrons. The highest BCUT2D eigenvalue weighted by molar-refractivity contribution is 5.97. The van der Waals surface area contributed by atoms with Gasteiger partial charge >= 0.3 is 6.18 Å². The van der Waals surface area contributed by atoms with Crippen molar-refractivity contribution in [3.63, 3.8) is 0 Å². The average Bonchev–Trinajstić information content (AvgIpc) is 2.45. The first-order valence-corrected chi connectivity index (χ1v) is 6.25. The third kappa shape index (κ3) is 2.76. The first-order valence-electron chi connectivity index (χ1n) is 6.25. The molecule has 1 aromatic heterocycles. The first kappa shape index (κ1) is 15.9. The zero-order chi connectivity index (χ0) is 16.5. The molecule has 1 heterocycles. The van der Waals surface area contributed by atoms with Crippen molar-refractivity contribution in [2.45, 2.75) is 19.5 Å². The summed E-state index contributed by atoms with van der Waals surface area (Å²) in [4.78, 5) is 18.8. The van der Waals surface area contributed by atoms with Crippen LogP contribution in [-0.4, -0.2) is 15.9 Å². The summed E-state index contributed by atoms with van der Waals surface area (Å²) in [6.07, 6.45) is -1.32. The summed E-state index contributed by atoms with van der Waals surface area (Å²) in [5, 5.41) is 0. The van der Waals surface area contributed by atoms with Gasteiger partial charge in [-0.25, -0.2) is 14.4 Å². The van der Waals surface area contributed by atoms with Crippen molar-refractivity contribution in [1.29, 1.82) is 0 Å². The van der Waals surface area contributed by atoms with Crippen molar-refractivity contribution in [1.82, 2.24) is 9.97 Å². The molecule has 2 aromatic rings. The van der Waals surface area contributed by atoms with E-state index in [1.165, 1.54) is 19.3 Å². The monoisotopic (exact) mass is 313 g/mol. The van der Waals surface area contributed by atoms with Crippen molar-refractivity contribution in [2.75, 3.05) is 0 Å². The predicted molar refractivity (Wildman–Crippen MR) is 70.3 cm³/mol. The van der Waals surface area contributed by atoms with Crippen LogP contribution in [0.5, 0.6) is 0 Å². The molecule has 0 aliphatic carbocycles. The van der Waals surface area contributed by atoms with E-state index < -0.39 is 29.0 Å². The van der Waals surface area contributed by atoms with Crippen LogP contribution < -0.4 is 5.73 Å². The lowest BCUT2D eigenvalue weighted by molar-refractivity contribution is -0.137. The Morgan fingerprint density at radius 1 is 1.27 bits per heavy atom. The van der Waals surface area contributed by atoms with E-state index in [0.29, 0.717) is 0 Å². The number of hydrogen-bond acceptors (Lipinski definition) is 3. The Balaban J connectivity index is 2.93. The number of aromatic nitrogens is 2. The summed E-state index contributed by atoms with van der Waals surface area (Å²) in [5.74, 6) is -2.42. The number of benzene rings is 1. The zero-order valence-corrected chi connectivity index (χ0v) is 11.4. The minimum atomic E-state index is -4.80. The largest absolute Gasteiger partial charge is 0.417 e. The van der Waals surface area contributed by atoms with E-state index in [4.69, 9.17) is 5.73 Å². The maximum absolute atomic E-state index is 13.9. The molecular weight excluding hydrogens is 302 g/mol. The molecule has 4 nitrogen and oxygen atoms in total. The van der Waals surface area contributed by atoms with Gasteiger partial charge in [0, 0.05) is 23.5 Å². The standard InChI is InChI=1S/C14H11F4N3O/c1-2-8-11(7-4-20-6-21-5-7)9(14(16,17)18)3-10(15)12(8)13(19)22/h3-6H,2H2,1H3,(H2,19,22). The lowest BCUT2D eigenvalue weighted by Gasteiger charge is -2.19. The quantitative estimate of drug-likeness (QED) is 0.886. The molecule has 0 fully saturated rings. The molecule has 2 N–H and O–H groups in total. The van der Waals surface area contributed by atoms with Crippen molar-refractivity contribution in [3.05, 3.63) is 47.3 Å². The summed E-state index contributed by atoms with van der Waals surface area (Å²) in [7, 11) is 0. The number of hydrogen-bond donors (Lipinski definition) is 1. The van der Waals surface area contributed by atoms with E-state index in [-0.39, 0.29) is 29.2 Å². The Bertz CT molecular complexity index is 714. The van der Waals surface area contributed by atoms with Gasteiger partial charge in [-0.05, 0) is 18.1 Å². The fourth-order valence-corrected chi connectivity index (χ4v) is 2.30. The number of nitrogens with zero attached hydrogens (tertiary/aromatic N) is 2. The van der Waals surface area contributed by atoms with Crippen LogP contribution in [0.25, 0.3) is 11.1 Å². The molecule has 8 heteroatoms. The lowest BCUT2D eigenvalue weighted by Crippen LogP contribution is -2.20. The minimum absolute atomic E-state index is 0.0106. The van der Waals surface area contributed by atoms with Crippen LogP contribution in [0.1, 0.15) is 28.4 Å². The molecule has 0 aliphatic rings. The molecule has 0 aliphatic heterocycles. The Morgan fingerprint density at radius 3 is 2.32 bits per heavy atom. The second-order valence-corrected chi connectivity index (χ2v) is 4.48. The topological polar surface area (TPSA) is 68.9 Å². The third-order valence-electron chi connectivity index (χ3n) is 3.14. The second-order valence-electron chi connectivity index (χ2n) is 4.48. The van der Waals surface area contributed by atoms with Crippen molar-refractivity contribution >= 4 is 5.91 Å². The number of alkyl halides is 3. The number of halogens is 4. The summed E-state index contributed by atoms with van der Waals surface area (Å²) in [6, 6.07) is 0.279. The van der Waals surface area contributed by atoms with Gasteiger partial charge in [0.25, 0.3) is 5.91 Å². The van der Waals surface area contributed by atoms with E-state index in [0.717, 1.165) is 6.33 Å². The molecule has 22 heavy (non-hydrogen) atoms. The second kappa shape index (κ2) is 5.70. The van der Waals surface area contributed by atoms with Crippen LogP contribution >= 0.6 is 0 Å². The number of rotatable bonds is 3. The molecule has 0 spiro atoms. The van der Waals surface area contributed by atoms with Gasteiger partial charge in [0.1, 0.15) is 12.1 Å². The number of carbonyl (C=O) groups excluding carboxylic acids is 1. The number of amides is 1. The van der Waals surface area contributed by atoms with Crippen molar-refractivity contribution in [2.24, 2.45) is 5.73 Å². The Kier molecular flexibility index (Phi) is 4.11. The predicted octanol–water partition coefficient (Wildman–Crippen LogP) is 2.96. The van der Waals surface area contributed by atoms with Gasteiger partial charge in [-0.2, -0.15) is 13.2 Å². The summed E-state index contributed by atoms with van der Waals surface area (Å²) < 4.78 is 53.7. The van der Waals surface area contributed by atoms with E-state index in [1.807, 2.05) is 0 Å². The maximum atomic E-state index is 13.9. The normalized spacial score (nSPS) is 11.5. The molecule has 2 rings (SSSR count). The summed E-state index contributed by atoms with van der Waals surface area (Å²) in [6.45, 7) is 1.51. The molecule has 1 aromatic carbocycles. The minimum Gasteiger partial charge on any atom is -0.365 e. The van der Waals surface area contributed by atoms with Crippen LogP contribution in [0, 0.1) is 5.82 Å². The highest BCUT2D eigenvalue weighted by Gasteiger charge is 2.37. The summed E-state index contributed by atoms with van der Waals surface area (Å²) in [5.41, 5.74) is 2.96. The fourth-order valence-electron chi connectivity index (χ4n) is 2.30. The van der Waals surface area contributed by atoms with Gasteiger partial charge in [-0.3, -0.25) is 4.79 Å². The van der Waals surface area contributed by atoms with Gasteiger partial charge in [-0.1, -0.05) is 6.92 Å². The smallest absolute Gasteiger partial charge is 0.365 e. The molecule has 0 saturated carbocycles. The van der Waals surface area contributed by atoms with E-state index in [9.17, 15) is 22.4 Å². The van der Waals surface area contributed by atoms with Gasteiger partial charge < -0.3 is 5.73 Å². The van der Waals surface area contributed by atoms with E-state index in [2.05, 4.69) is 9.97 Å². The van der Waals surface area contributed by atoms with Crippen molar-refractivity contribution in [3.8, 4) is 11.1 Å². The first-order chi connectivity index (χ1) is 10.3. The molecule has 0 saturated heterocycles. The van der Waals surface area contributed by atoms with Gasteiger partial charge in [0.2, 0.25) is 0 Å². The SMILES string of the molecule is CCc1c(C(N)=O)c(F)cc(C(F)(F)F)c1-c1cncnc1. The zero-order valence-electron chi connectivity index (χ0n) is 11.4. The number of primary amides is 1. The number of carbonyl (C=O) groups is 1. The molecular formula is C14H11F4N3O. The highest BCUT2D eigenvalue weighted by atomic mass is 19.4. The van der Waals surface area contributed by atoms with Crippen LogP contribution in [0.4, 0.5) is 17.6 Å². The van der Waals surface area contributed by atoms with Crippen LogP contribution in [0.15, 0.2) is 24.8 Å². The third-order valence-corrected chi connectivity index (χ3v) is 3.14. The Morgan fingerprint density at radius 2 is 1.86 bits per heavy atom. The molecule has 0 atom stereocenters. The number of nitrogens with two attached hydrogens (primary N) is 1. The highest BCUT2D eigenvalue weighted by Crippen LogP contribution is 2.41. The molecule has 0 radical (unpaired) electrons. The Hall–Kier alpha value is -2.51. The lowest BCUT2D eigenvalue weighted by atomic mass is 9.89. The van der Waals surface area contributed by atoms with Crippen molar-refractivity contribution < 1.29 is 22.4 Å². The molecule has 0 unspecified atom stereocenters. The van der Waals surface area contributed by atoms with Crippen LogP contribution in [0.2, 0.25) is 0 Å². The molecule has 1 amide bonds. The van der Waals surface area contributed by atoms with Gasteiger partial charge in [0.05, 0.1) is 11.1 Å². The van der Waals surface area contributed by atoms with Gasteiger partial charge in [-0.15, -0.1) is 0 Å². The fraction of sp³-hybridized carbons (Fsp3) is 0.214. The van der Waals surface area contributed by atoms with E-state index >= 15 is 0 Å². The average molecular weight is 313 g/mol. The van der Waals surface area contributed by atoms with E-state index in [1.54, 1.807) is 0 Å². The Labute approximate surface area is 123 Å². The maximum Gasteiger partial charge on any atom is 0.417 e. The summed E-state index contributed by atoms with van der Waals surface area (Å²) >= 11 is 0. The van der Waals surface area contributed by atoms with Crippen LogP contribution in [0.3, 0.4) is 0 Å². The van der Waals surface area contributed by atoms with Gasteiger partial charge in [0.15, 0.2) is 0 Å².